The van der Waals surface area contributed by atoms with E-state index in [2.05, 4.69) is 82.1 Å². The van der Waals surface area contributed by atoms with Crippen molar-refractivity contribution in [1.29, 1.82) is 0 Å². The van der Waals surface area contributed by atoms with E-state index in [0.29, 0.717) is 0 Å². The smallest absolute Gasteiger partial charge is 0.0205 e. The average Bonchev–Trinajstić information content (AvgIpc) is 2.35. The standard InChI is InChI=1S/C14H12Br2S2/c1-9-7-11(3-5-13(9)15)17-18-12-4-6-14(16)10(2)8-12/h3-8H,1-2H3. The molecule has 0 bridgehead atoms. The summed E-state index contributed by atoms with van der Waals surface area (Å²) in [5.41, 5.74) is 2.54. The molecule has 0 radical (unpaired) electrons. The normalized spacial score (nSPS) is 10.7. The van der Waals surface area contributed by atoms with Crippen LogP contribution in [-0.4, -0.2) is 0 Å². The summed E-state index contributed by atoms with van der Waals surface area (Å²) in [7, 11) is 3.58. The molecule has 0 spiro atoms. The Kier molecular flexibility index (Phi) is 5.24. The highest BCUT2D eigenvalue weighted by Crippen LogP contribution is 2.39. The molecule has 4 heteroatoms. The van der Waals surface area contributed by atoms with Gasteiger partial charge in [0.2, 0.25) is 0 Å². The molecule has 0 fully saturated rings. The molecular formula is C14H12Br2S2. The van der Waals surface area contributed by atoms with Crippen LogP contribution in [0.1, 0.15) is 11.1 Å². The highest BCUT2D eigenvalue weighted by atomic mass is 79.9. The van der Waals surface area contributed by atoms with Gasteiger partial charge < -0.3 is 0 Å². The first-order valence-electron chi connectivity index (χ1n) is 5.43. The fourth-order valence-electron chi connectivity index (χ4n) is 1.43. The van der Waals surface area contributed by atoms with Gasteiger partial charge in [0, 0.05) is 18.7 Å². The van der Waals surface area contributed by atoms with Gasteiger partial charge in [-0.15, -0.1) is 0 Å². The van der Waals surface area contributed by atoms with Gasteiger partial charge in [0.25, 0.3) is 0 Å². The predicted molar refractivity (Wildman–Crippen MR) is 89.5 cm³/mol. The minimum atomic E-state index is 1.16. The van der Waals surface area contributed by atoms with Crippen molar-refractivity contribution in [2.45, 2.75) is 23.6 Å². The second-order valence-electron chi connectivity index (χ2n) is 3.99. The van der Waals surface area contributed by atoms with E-state index in [1.165, 1.54) is 20.9 Å². The summed E-state index contributed by atoms with van der Waals surface area (Å²) in [6.45, 7) is 4.23. The van der Waals surface area contributed by atoms with Crippen molar-refractivity contribution in [1.82, 2.24) is 0 Å². The van der Waals surface area contributed by atoms with Crippen LogP contribution in [0.5, 0.6) is 0 Å². The maximum absolute atomic E-state index is 3.52. The molecule has 2 aromatic rings. The van der Waals surface area contributed by atoms with Gasteiger partial charge in [-0.2, -0.15) is 0 Å². The van der Waals surface area contributed by atoms with Gasteiger partial charge in [0.1, 0.15) is 0 Å². The number of benzene rings is 2. The zero-order valence-electron chi connectivity index (χ0n) is 10.0. The number of aryl methyl sites for hydroxylation is 2. The van der Waals surface area contributed by atoms with Gasteiger partial charge in [-0.3, -0.25) is 0 Å². The molecule has 18 heavy (non-hydrogen) atoms. The van der Waals surface area contributed by atoms with E-state index in [9.17, 15) is 0 Å². The summed E-state index contributed by atoms with van der Waals surface area (Å²) in [6.07, 6.45) is 0. The highest BCUT2D eigenvalue weighted by Gasteiger charge is 2.02. The monoisotopic (exact) mass is 402 g/mol. The number of rotatable bonds is 3. The van der Waals surface area contributed by atoms with E-state index in [-0.39, 0.29) is 0 Å². The lowest BCUT2D eigenvalue weighted by Crippen LogP contribution is -1.78. The summed E-state index contributed by atoms with van der Waals surface area (Å²) in [5.74, 6) is 0. The maximum atomic E-state index is 3.52. The molecule has 2 aromatic carbocycles. The van der Waals surface area contributed by atoms with E-state index in [4.69, 9.17) is 0 Å². The number of hydrogen-bond donors (Lipinski definition) is 0. The minimum absolute atomic E-state index is 1.16. The largest absolute Gasteiger partial charge is 0.0525 e. The molecule has 0 atom stereocenters. The number of hydrogen-bond acceptors (Lipinski definition) is 2. The molecule has 0 saturated carbocycles. The Morgan fingerprint density at radius 3 is 1.44 bits per heavy atom. The Morgan fingerprint density at radius 1 is 0.722 bits per heavy atom. The van der Waals surface area contributed by atoms with Crippen LogP contribution in [0.4, 0.5) is 0 Å². The zero-order valence-corrected chi connectivity index (χ0v) is 14.8. The number of halogens is 2. The quantitative estimate of drug-likeness (QED) is 0.527. The Hall–Kier alpha value is 0.1000. The SMILES string of the molecule is Cc1cc(SSc2ccc(Br)c(C)c2)ccc1Br. The van der Waals surface area contributed by atoms with E-state index < -0.39 is 0 Å². The molecule has 0 aliphatic rings. The van der Waals surface area contributed by atoms with Crippen LogP contribution in [0.3, 0.4) is 0 Å². The zero-order chi connectivity index (χ0) is 13.1. The van der Waals surface area contributed by atoms with Crippen LogP contribution >= 0.6 is 53.4 Å². The summed E-state index contributed by atoms with van der Waals surface area (Å²) in [4.78, 5) is 2.56. The molecule has 0 aliphatic carbocycles. The van der Waals surface area contributed by atoms with Crippen LogP contribution in [0, 0.1) is 13.8 Å². The molecule has 0 aliphatic heterocycles. The maximum Gasteiger partial charge on any atom is 0.0205 e. The summed E-state index contributed by atoms with van der Waals surface area (Å²) in [6, 6.07) is 12.9. The van der Waals surface area contributed by atoms with E-state index in [1.54, 1.807) is 21.6 Å². The molecule has 0 aromatic heterocycles. The van der Waals surface area contributed by atoms with Crippen molar-refractivity contribution in [2.75, 3.05) is 0 Å². The van der Waals surface area contributed by atoms with Crippen molar-refractivity contribution in [3.63, 3.8) is 0 Å². The van der Waals surface area contributed by atoms with Crippen molar-refractivity contribution in [3.8, 4) is 0 Å². The molecule has 0 N–H and O–H groups in total. The third kappa shape index (κ3) is 3.80. The third-order valence-electron chi connectivity index (χ3n) is 2.49. The van der Waals surface area contributed by atoms with Crippen LogP contribution in [0.25, 0.3) is 0 Å². The van der Waals surface area contributed by atoms with Crippen molar-refractivity contribution < 1.29 is 0 Å². The molecule has 0 heterocycles. The molecular weight excluding hydrogens is 392 g/mol. The van der Waals surface area contributed by atoms with Crippen LogP contribution < -0.4 is 0 Å². The lowest BCUT2D eigenvalue weighted by Gasteiger charge is -2.05. The third-order valence-corrected chi connectivity index (χ3v) is 6.65. The first-order valence-corrected chi connectivity index (χ1v) is 9.16. The Balaban J connectivity index is 2.06. The van der Waals surface area contributed by atoms with E-state index >= 15 is 0 Å². The first kappa shape index (κ1) is 14.5. The molecule has 94 valence electrons. The fraction of sp³-hybridized carbons (Fsp3) is 0.143. The summed E-state index contributed by atoms with van der Waals surface area (Å²) < 4.78 is 2.33. The van der Waals surface area contributed by atoms with E-state index in [1.807, 2.05) is 0 Å². The summed E-state index contributed by atoms with van der Waals surface area (Å²) >= 11 is 7.04. The second-order valence-corrected chi connectivity index (χ2v) is 7.97. The Labute approximate surface area is 133 Å². The minimum Gasteiger partial charge on any atom is -0.0525 e. The van der Waals surface area contributed by atoms with Gasteiger partial charge in [0.05, 0.1) is 0 Å². The van der Waals surface area contributed by atoms with Gasteiger partial charge in [-0.25, -0.2) is 0 Å². The fourth-order valence-corrected chi connectivity index (χ4v) is 4.02. The van der Waals surface area contributed by atoms with Crippen molar-refractivity contribution in [2.24, 2.45) is 0 Å². The average molecular weight is 404 g/mol. The molecule has 2 rings (SSSR count). The van der Waals surface area contributed by atoms with Gasteiger partial charge in [-0.1, -0.05) is 53.4 Å². The molecule has 0 unspecified atom stereocenters. The van der Waals surface area contributed by atoms with Crippen LogP contribution in [-0.2, 0) is 0 Å². The first-order chi connectivity index (χ1) is 8.56. The lowest BCUT2D eigenvalue weighted by atomic mass is 10.2. The van der Waals surface area contributed by atoms with E-state index in [0.717, 1.165) is 8.95 Å². The molecule has 0 amide bonds. The topological polar surface area (TPSA) is 0 Å². The molecule has 0 nitrogen and oxygen atoms in total. The Bertz CT molecular complexity index is 516. The second kappa shape index (κ2) is 6.51. The highest BCUT2D eigenvalue weighted by molar-refractivity contribution is 9.10. The Morgan fingerprint density at radius 2 is 1.11 bits per heavy atom. The summed E-state index contributed by atoms with van der Waals surface area (Å²) in [5, 5.41) is 0. The van der Waals surface area contributed by atoms with Crippen molar-refractivity contribution >= 4 is 53.4 Å². The molecule has 0 saturated heterocycles. The van der Waals surface area contributed by atoms with Crippen molar-refractivity contribution in [3.05, 3.63) is 56.5 Å². The van der Waals surface area contributed by atoms with Crippen LogP contribution in [0.15, 0.2) is 55.1 Å². The van der Waals surface area contributed by atoms with Crippen LogP contribution in [0.2, 0.25) is 0 Å². The van der Waals surface area contributed by atoms with Gasteiger partial charge in [0.15, 0.2) is 0 Å². The lowest BCUT2D eigenvalue weighted by molar-refractivity contribution is 1.33. The van der Waals surface area contributed by atoms with Gasteiger partial charge >= 0.3 is 0 Å². The predicted octanol–water partition coefficient (Wildman–Crippen LogP) is 6.63. The van der Waals surface area contributed by atoms with Gasteiger partial charge in [-0.05, 0) is 61.4 Å².